The van der Waals surface area contributed by atoms with E-state index >= 15 is 0 Å². The molecule has 0 aliphatic rings. The maximum absolute atomic E-state index is 12.3. The van der Waals surface area contributed by atoms with Crippen molar-refractivity contribution in [3.63, 3.8) is 0 Å². The van der Waals surface area contributed by atoms with Gasteiger partial charge in [0.15, 0.2) is 0 Å². The molecule has 0 spiro atoms. The van der Waals surface area contributed by atoms with E-state index in [1.165, 1.54) is 24.7 Å². The van der Waals surface area contributed by atoms with Crippen LogP contribution in [0.1, 0.15) is 18.8 Å². The molecule has 0 amide bonds. The summed E-state index contributed by atoms with van der Waals surface area (Å²) in [6.45, 7) is 1.87. The van der Waals surface area contributed by atoms with Gasteiger partial charge in [0.05, 0.1) is 11.7 Å². The van der Waals surface area contributed by atoms with E-state index in [4.69, 9.17) is 0 Å². The minimum Gasteiger partial charge on any atom is -0.374 e. The average molecular weight is 295 g/mol. The van der Waals surface area contributed by atoms with Crippen LogP contribution in [0.5, 0.6) is 0 Å². The van der Waals surface area contributed by atoms with E-state index in [9.17, 15) is 8.42 Å². The number of aromatic nitrogens is 3. The zero-order valence-electron chi connectivity index (χ0n) is 11.5. The first-order chi connectivity index (χ1) is 9.43. The lowest BCUT2D eigenvalue weighted by Crippen LogP contribution is -2.23. The van der Waals surface area contributed by atoms with Gasteiger partial charge in [0.2, 0.25) is 10.0 Å². The molecule has 0 bridgehead atoms. The molecule has 0 saturated heterocycles. The van der Waals surface area contributed by atoms with Crippen LogP contribution in [0.15, 0.2) is 35.5 Å². The summed E-state index contributed by atoms with van der Waals surface area (Å²) >= 11 is 0. The maximum Gasteiger partial charge on any atom is 0.244 e. The van der Waals surface area contributed by atoms with E-state index in [-0.39, 0.29) is 10.9 Å². The van der Waals surface area contributed by atoms with Gasteiger partial charge in [0, 0.05) is 14.1 Å². The lowest BCUT2D eigenvalue weighted by atomic mass is 10.2. The number of sulfonamides is 1. The highest BCUT2D eigenvalue weighted by Gasteiger charge is 2.22. The fourth-order valence-electron chi connectivity index (χ4n) is 1.73. The highest BCUT2D eigenvalue weighted by molar-refractivity contribution is 7.89. The van der Waals surface area contributed by atoms with Gasteiger partial charge in [-0.3, -0.25) is 5.10 Å². The Balaban J connectivity index is 2.34. The van der Waals surface area contributed by atoms with E-state index in [2.05, 4.69) is 20.5 Å². The molecule has 1 atom stereocenters. The predicted molar refractivity (Wildman–Crippen MR) is 75.7 cm³/mol. The fourth-order valence-corrected chi connectivity index (χ4v) is 2.78. The lowest BCUT2D eigenvalue weighted by Gasteiger charge is -2.18. The van der Waals surface area contributed by atoms with E-state index in [1.54, 1.807) is 24.3 Å². The van der Waals surface area contributed by atoms with E-state index in [0.717, 1.165) is 0 Å². The summed E-state index contributed by atoms with van der Waals surface area (Å²) in [4.78, 5) is 4.28. The largest absolute Gasteiger partial charge is 0.374 e. The Morgan fingerprint density at radius 3 is 2.60 bits per heavy atom. The average Bonchev–Trinajstić information content (AvgIpc) is 2.93. The molecule has 0 aliphatic heterocycles. The number of anilines is 1. The third-order valence-electron chi connectivity index (χ3n) is 2.86. The molecule has 0 radical (unpaired) electrons. The van der Waals surface area contributed by atoms with Crippen LogP contribution < -0.4 is 5.32 Å². The van der Waals surface area contributed by atoms with E-state index < -0.39 is 10.0 Å². The summed E-state index contributed by atoms with van der Waals surface area (Å²) in [6, 6.07) is 6.59. The molecule has 0 aliphatic carbocycles. The molecule has 0 saturated carbocycles. The highest BCUT2D eigenvalue weighted by atomic mass is 32.2. The van der Waals surface area contributed by atoms with Crippen molar-refractivity contribution in [2.24, 2.45) is 0 Å². The number of benzene rings is 1. The highest BCUT2D eigenvalue weighted by Crippen LogP contribution is 2.26. The van der Waals surface area contributed by atoms with Gasteiger partial charge in [-0.15, -0.1) is 0 Å². The van der Waals surface area contributed by atoms with Crippen LogP contribution in [-0.2, 0) is 10.0 Å². The van der Waals surface area contributed by atoms with Crippen LogP contribution in [0, 0.1) is 0 Å². The van der Waals surface area contributed by atoms with Gasteiger partial charge in [0.1, 0.15) is 17.0 Å². The van der Waals surface area contributed by atoms with Crippen LogP contribution in [0.3, 0.4) is 0 Å². The number of hydrogen-bond donors (Lipinski definition) is 2. The van der Waals surface area contributed by atoms with Crippen LogP contribution in [0.25, 0.3) is 0 Å². The molecule has 108 valence electrons. The molecular weight excluding hydrogens is 278 g/mol. The topological polar surface area (TPSA) is 91.0 Å². The van der Waals surface area contributed by atoms with Gasteiger partial charge in [-0.2, -0.15) is 5.10 Å². The van der Waals surface area contributed by atoms with Crippen molar-refractivity contribution < 1.29 is 8.42 Å². The Morgan fingerprint density at radius 2 is 2.00 bits per heavy atom. The standard InChI is InChI=1S/C12H17N5O2S/c1-9(12-13-8-14-16-12)15-10-6-4-5-7-11(10)20(18,19)17(2)3/h4-9,15H,1-3H3,(H,13,14,16). The zero-order chi connectivity index (χ0) is 14.8. The fraction of sp³-hybridized carbons (Fsp3) is 0.333. The first kappa shape index (κ1) is 14.5. The Hall–Kier alpha value is -1.93. The van der Waals surface area contributed by atoms with Gasteiger partial charge in [-0.1, -0.05) is 12.1 Å². The molecule has 2 rings (SSSR count). The molecule has 1 aromatic carbocycles. The van der Waals surface area contributed by atoms with Crippen LogP contribution in [-0.4, -0.2) is 42.0 Å². The second-order valence-corrected chi connectivity index (χ2v) is 6.64. The predicted octanol–water partition coefficient (Wildman–Crippen LogP) is 1.23. The minimum absolute atomic E-state index is 0.184. The Kier molecular flexibility index (Phi) is 4.05. The monoisotopic (exact) mass is 295 g/mol. The number of aromatic amines is 1. The summed E-state index contributed by atoms with van der Waals surface area (Å²) in [7, 11) is -0.486. The summed E-state index contributed by atoms with van der Waals surface area (Å²) in [5.41, 5.74) is 0.533. The SMILES string of the molecule is CC(Nc1ccccc1S(=O)(=O)N(C)C)c1ncn[nH]1. The van der Waals surface area contributed by atoms with Crippen LogP contribution >= 0.6 is 0 Å². The van der Waals surface area contributed by atoms with Gasteiger partial charge in [-0.05, 0) is 19.1 Å². The van der Waals surface area contributed by atoms with Crippen molar-refractivity contribution in [2.75, 3.05) is 19.4 Å². The third kappa shape index (κ3) is 2.81. The quantitative estimate of drug-likeness (QED) is 0.865. The third-order valence-corrected chi connectivity index (χ3v) is 4.73. The van der Waals surface area contributed by atoms with Crippen molar-refractivity contribution in [3.05, 3.63) is 36.4 Å². The lowest BCUT2D eigenvalue weighted by molar-refractivity contribution is 0.521. The molecule has 2 aromatic rings. The Labute approximate surface area is 118 Å². The number of H-pyrrole nitrogens is 1. The first-order valence-corrected chi connectivity index (χ1v) is 7.50. The first-order valence-electron chi connectivity index (χ1n) is 6.06. The molecular formula is C12H17N5O2S. The van der Waals surface area contributed by atoms with Crippen molar-refractivity contribution in [3.8, 4) is 0 Å². The zero-order valence-corrected chi connectivity index (χ0v) is 12.3. The molecule has 1 heterocycles. The summed E-state index contributed by atoms with van der Waals surface area (Å²) in [5.74, 6) is 0.641. The number of nitrogens with zero attached hydrogens (tertiary/aromatic N) is 3. The number of hydrogen-bond acceptors (Lipinski definition) is 5. The van der Waals surface area contributed by atoms with E-state index in [1.807, 2.05) is 6.92 Å². The van der Waals surface area contributed by atoms with Crippen molar-refractivity contribution in [1.29, 1.82) is 0 Å². The van der Waals surface area contributed by atoms with Crippen LogP contribution in [0.2, 0.25) is 0 Å². The van der Waals surface area contributed by atoms with Crippen molar-refractivity contribution in [1.82, 2.24) is 19.5 Å². The maximum atomic E-state index is 12.3. The molecule has 20 heavy (non-hydrogen) atoms. The molecule has 1 unspecified atom stereocenters. The molecule has 1 aromatic heterocycles. The molecule has 0 fully saturated rings. The van der Waals surface area contributed by atoms with Gasteiger partial charge in [0.25, 0.3) is 0 Å². The second-order valence-electron chi connectivity index (χ2n) is 4.52. The summed E-state index contributed by atoms with van der Waals surface area (Å²) < 4.78 is 25.7. The van der Waals surface area contributed by atoms with Gasteiger partial charge >= 0.3 is 0 Å². The van der Waals surface area contributed by atoms with Crippen molar-refractivity contribution >= 4 is 15.7 Å². The normalized spacial score (nSPS) is 13.4. The second kappa shape index (κ2) is 5.59. The molecule has 8 heteroatoms. The molecule has 2 N–H and O–H groups in total. The van der Waals surface area contributed by atoms with Crippen LogP contribution in [0.4, 0.5) is 5.69 Å². The van der Waals surface area contributed by atoms with E-state index in [0.29, 0.717) is 11.5 Å². The Morgan fingerprint density at radius 1 is 1.30 bits per heavy atom. The number of nitrogens with one attached hydrogen (secondary N) is 2. The Bertz CT molecular complexity index is 667. The smallest absolute Gasteiger partial charge is 0.244 e. The van der Waals surface area contributed by atoms with Crippen molar-refractivity contribution in [2.45, 2.75) is 17.9 Å². The molecule has 7 nitrogen and oxygen atoms in total. The number of rotatable bonds is 5. The minimum atomic E-state index is -3.50. The summed E-state index contributed by atoms with van der Waals surface area (Å²) in [5, 5.41) is 9.67. The van der Waals surface area contributed by atoms with Gasteiger partial charge in [-0.25, -0.2) is 17.7 Å². The van der Waals surface area contributed by atoms with Gasteiger partial charge < -0.3 is 5.32 Å². The summed E-state index contributed by atoms with van der Waals surface area (Å²) in [6.07, 6.45) is 1.41. The number of para-hydroxylation sites is 1.